The van der Waals surface area contributed by atoms with E-state index in [1.165, 1.54) is 24.3 Å². The number of Topliss-reactive ketones (excluding diaryl/α,β-unsaturated/α-hetero) is 2. The van der Waals surface area contributed by atoms with Crippen molar-refractivity contribution < 1.29 is 9.59 Å². The fraction of sp³-hybridized carbons (Fsp3) is 0.167. The molecule has 16 heavy (non-hydrogen) atoms. The summed E-state index contributed by atoms with van der Waals surface area (Å²) >= 11 is 0. The van der Waals surface area contributed by atoms with Crippen LogP contribution < -0.4 is 0 Å². The van der Waals surface area contributed by atoms with Gasteiger partial charge in [0, 0.05) is 11.1 Å². The van der Waals surface area contributed by atoms with Crippen LogP contribution in [-0.4, -0.2) is 11.6 Å². The summed E-state index contributed by atoms with van der Waals surface area (Å²) in [7, 11) is 0. The van der Waals surface area contributed by atoms with Crippen LogP contribution in [0, 0.1) is 22.7 Å². The lowest BCUT2D eigenvalue weighted by molar-refractivity contribution is 0.0986. The van der Waals surface area contributed by atoms with E-state index in [9.17, 15) is 9.59 Å². The molecule has 0 saturated carbocycles. The van der Waals surface area contributed by atoms with E-state index in [2.05, 4.69) is 0 Å². The summed E-state index contributed by atoms with van der Waals surface area (Å²) in [4.78, 5) is 22.6. The fourth-order valence-electron chi connectivity index (χ4n) is 1.19. The van der Waals surface area contributed by atoms with Crippen LogP contribution in [0.4, 0.5) is 0 Å². The molecule has 1 aromatic rings. The second kappa shape index (κ2) is 5.43. The third-order valence-electron chi connectivity index (χ3n) is 2.01. The second-order valence-corrected chi connectivity index (χ2v) is 3.09. The van der Waals surface area contributed by atoms with Crippen molar-refractivity contribution in [1.29, 1.82) is 10.5 Å². The summed E-state index contributed by atoms with van der Waals surface area (Å²) in [6.45, 7) is 0. The molecule has 0 heterocycles. The highest BCUT2D eigenvalue weighted by molar-refractivity contribution is 6.00. The first-order chi connectivity index (χ1) is 7.69. The first kappa shape index (κ1) is 11.6. The number of benzene rings is 1. The van der Waals surface area contributed by atoms with Gasteiger partial charge in [0.25, 0.3) is 0 Å². The number of nitrogens with zero attached hydrogens (tertiary/aromatic N) is 2. The molecule has 1 aromatic carbocycles. The molecule has 0 radical (unpaired) electrons. The van der Waals surface area contributed by atoms with E-state index in [0.29, 0.717) is 11.1 Å². The molecule has 0 unspecified atom stereocenters. The molecule has 0 bridgehead atoms. The molecule has 0 aliphatic rings. The normalized spacial score (nSPS) is 8.88. The van der Waals surface area contributed by atoms with E-state index in [0.717, 1.165) is 0 Å². The Morgan fingerprint density at radius 2 is 1.19 bits per heavy atom. The molecule has 0 N–H and O–H groups in total. The van der Waals surface area contributed by atoms with Crippen molar-refractivity contribution in [1.82, 2.24) is 0 Å². The van der Waals surface area contributed by atoms with Crippen molar-refractivity contribution in [3.63, 3.8) is 0 Å². The van der Waals surface area contributed by atoms with Crippen LogP contribution in [-0.2, 0) is 0 Å². The van der Waals surface area contributed by atoms with Gasteiger partial charge in [0.05, 0.1) is 25.0 Å². The van der Waals surface area contributed by atoms with Gasteiger partial charge in [-0.1, -0.05) is 24.3 Å². The highest BCUT2D eigenvalue weighted by atomic mass is 16.1. The van der Waals surface area contributed by atoms with Gasteiger partial charge in [-0.25, -0.2) is 0 Å². The minimum Gasteiger partial charge on any atom is -0.293 e. The van der Waals surface area contributed by atoms with Crippen molar-refractivity contribution in [2.75, 3.05) is 0 Å². The number of hydrogen-bond acceptors (Lipinski definition) is 4. The summed E-state index contributed by atoms with van der Waals surface area (Å²) in [5.74, 6) is -0.552. The summed E-state index contributed by atoms with van der Waals surface area (Å²) in [5.41, 5.74) is 0.796. The van der Waals surface area contributed by atoms with Crippen LogP contribution >= 0.6 is 0 Å². The first-order valence-corrected chi connectivity index (χ1v) is 4.59. The Kier molecular flexibility index (Phi) is 3.94. The number of hydrogen-bond donors (Lipinski definition) is 0. The van der Waals surface area contributed by atoms with Gasteiger partial charge in [-0.2, -0.15) is 10.5 Å². The van der Waals surface area contributed by atoms with Gasteiger partial charge in [-0.3, -0.25) is 9.59 Å². The predicted molar refractivity (Wildman–Crippen MR) is 55.6 cm³/mol. The number of carbonyl (C=O) groups is 2. The molecule has 0 saturated heterocycles. The monoisotopic (exact) mass is 212 g/mol. The highest BCUT2D eigenvalue weighted by Crippen LogP contribution is 2.08. The van der Waals surface area contributed by atoms with Crippen molar-refractivity contribution >= 4 is 11.6 Å². The molecule has 0 aromatic heterocycles. The van der Waals surface area contributed by atoms with E-state index in [4.69, 9.17) is 10.5 Å². The molecule has 4 heteroatoms. The largest absolute Gasteiger partial charge is 0.293 e. The molecule has 0 spiro atoms. The van der Waals surface area contributed by atoms with Crippen LogP contribution in [0.15, 0.2) is 24.3 Å². The molecule has 0 atom stereocenters. The average Bonchev–Trinajstić information content (AvgIpc) is 2.30. The van der Waals surface area contributed by atoms with Gasteiger partial charge in [0.1, 0.15) is 0 Å². The molecular weight excluding hydrogens is 204 g/mol. The average molecular weight is 212 g/mol. The molecule has 0 aliphatic heterocycles. The van der Waals surface area contributed by atoms with Crippen molar-refractivity contribution in [3.8, 4) is 12.1 Å². The zero-order valence-corrected chi connectivity index (χ0v) is 8.43. The Morgan fingerprint density at radius 1 is 0.875 bits per heavy atom. The Morgan fingerprint density at radius 3 is 1.44 bits per heavy atom. The van der Waals surface area contributed by atoms with Crippen LogP contribution in [0.2, 0.25) is 0 Å². The quantitative estimate of drug-likeness (QED) is 0.713. The van der Waals surface area contributed by atoms with E-state index in [-0.39, 0.29) is 24.4 Å². The fourth-order valence-corrected chi connectivity index (χ4v) is 1.19. The Hall–Kier alpha value is -2.46. The topological polar surface area (TPSA) is 81.7 Å². The van der Waals surface area contributed by atoms with E-state index in [1.807, 2.05) is 0 Å². The zero-order chi connectivity index (χ0) is 12.0. The lowest BCUT2D eigenvalue weighted by atomic mass is 10.0. The standard InChI is InChI=1S/C12H8N2O2/c13-7-5-11(15)9-1-2-10(4-3-9)12(16)6-8-14/h1-4H,5-6H2. The third kappa shape index (κ3) is 2.76. The van der Waals surface area contributed by atoms with Gasteiger partial charge < -0.3 is 0 Å². The van der Waals surface area contributed by atoms with Crippen molar-refractivity contribution in [2.45, 2.75) is 12.8 Å². The van der Waals surface area contributed by atoms with Crippen LogP contribution in [0.1, 0.15) is 33.6 Å². The Bertz CT molecular complexity index is 442. The van der Waals surface area contributed by atoms with Crippen molar-refractivity contribution in [3.05, 3.63) is 35.4 Å². The highest BCUT2D eigenvalue weighted by Gasteiger charge is 2.08. The molecule has 0 amide bonds. The van der Waals surface area contributed by atoms with E-state index < -0.39 is 0 Å². The molecule has 0 fully saturated rings. The number of rotatable bonds is 4. The maximum Gasteiger partial charge on any atom is 0.176 e. The number of nitriles is 2. The molecule has 78 valence electrons. The molecule has 0 aliphatic carbocycles. The lowest BCUT2D eigenvalue weighted by Crippen LogP contribution is -2.00. The summed E-state index contributed by atoms with van der Waals surface area (Å²) in [5, 5.41) is 16.7. The Labute approximate surface area is 92.7 Å². The summed E-state index contributed by atoms with van der Waals surface area (Å²) in [6, 6.07) is 9.49. The van der Waals surface area contributed by atoms with E-state index >= 15 is 0 Å². The predicted octanol–water partition coefficient (Wildman–Crippen LogP) is 1.88. The Balaban J connectivity index is 2.84. The number of carbonyl (C=O) groups excluding carboxylic acids is 2. The molecule has 4 nitrogen and oxygen atoms in total. The molecule has 1 rings (SSSR count). The van der Waals surface area contributed by atoms with Gasteiger partial charge in [0.2, 0.25) is 0 Å². The van der Waals surface area contributed by atoms with Crippen molar-refractivity contribution in [2.24, 2.45) is 0 Å². The van der Waals surface area contributed by atoms with Crippen LogP contribution in [0.5, 0.6) is 0 Å². The van der Waals surface area contributed by atoms with Gasteiger partial charge >= 0.3 is 0 Å². The minimum atomic E-state index is -0.276. The number of ketones is 2. The maximum absolute atomic E-state index is 11.3. The second-order valence-electron chi connectivity index (χ2n) is 3.09. The lowest BCUT2D eigenvalue weighted by Gasteiger charge is -1.99. The smallest absolute Gasteiger partial charge is 0.176 e. The first-order valence-electron chi connectivity index (χ1n) is 4.59. The van der Waals surface area contributed by atoms with Gasteiger partial charge in [-0.05, 0) is 0 Å². The van der Waals surface area contributed by atoms with Crippen LogP contribution in [0.25, 0.3) is 0 Å². The maximum atomic E-state index is 11.3. The molecular formula is C12H8N2O2. The van der Waals surface area contributed by atoms with Gasteiger partial charge in [-0.15, -0.1) is 0 Å². The van der Waals surface area contributed by atoms with Crippen LogP contribution in [0.3, 0.4) is 0 Å². The zero-order valence-electron chi connectivity index (χ0n) is 8.43. The van der Waals surface area contributed by atoms with Gasteiger partial charge in [0.15, 0.2) is 11.6 Å². The third-order valence-corrected chi connectivity index (χ3v) is 2.01. The SMILES string of the molecule is N#CCC(=O)c1ccc(C(=O)CC#N)cc1. The summed E-state index contributed by atoms with van der Waals surface area (Å²) in [6.07, 6.45) is -0.350. The minimum absolute atomic E-state index is 0.175. The van der Waals surface area contributed by atoms with E-state index in [1.54, 1.807) is 12.1 Å². The summed E-state index contributed by atoms with van der Waals surface area (Å²) < 4.78 is 0.